The fraction of sp³-hybridized carbons (Fsp3) is 0.500. The lowest BCUT2D eigenvalue weighted by Gasteiger charge is -2.17. The molecule has 1 aromatic heterocycles. The Morgan fingerprint density at radius 1 is 1.53 bits per heavy atom. The predicted octanol–water partition coefficient (Wildman–Crippen LogP) is 0.681. The Bertz CT molecular complexity index is 566. The van der Waals surface area contributed by atoms with Crippen LogP contribution < -0.4 is 0 Å². The molecule has 1 heterocycles. The zero-order chi connectivity index (χ0) is 14.8. The van der Waals surface area contributed by atoms with Crippen LogP contribution in [0.2, 0.25) is 0 Å². The Morgan fingerprint density at radius 3 is 2.58 bits per heavy atom. The molecule has 0 atom stereocenters. The van der Waals surface area contributed by atoms with E-state index >= 15 is 0 Å². The van der Waals surface area contributed by atoms with Crippen LogP contribution in [0.4, 0.5) is 13.2 Å². The number of hydrogen-bond donors (Lipinski definition) is 2. The highest BCUT2D eigenvalue weighted by molar-refractivity contribution is 7.89. The number of aromatic amines is 1. The third-order valence-electron chi connectivity index (χ3n) is 2.21. The normalized spacial score (nSPS) is 12.9. The third-order valence-corrected chi connectivity index (χ3v) is 4.04. The molecule has 2 N–H and O–H groups in total. The molecule has 11 heteroatoms. The second-order valence-corrected chi connectivity index (χ2v) is 5.59. The molecule has 0 saturated carbocycles. The summed E-state index contributed by atoms with van der Waals surface area (Å²) in [4.78, 5) is 10.7. The number of alkyl halides is 3. The molecule has 0 spiro atoms. The number of carbonyl (C=O) groups is 1. The highest BCUT2D eigenvalue weighted by Crippen LogP contribution is 2.22. The Morgan fingerprint density at radius 2 is 2.11 bits per heavy atom. The number of rotatable bonds is 5. The zero-order valence-electron chi connectivity index (χ0n) is 9.60. The van der Waals surface area contributed by atoms with Gasteiger partial charge in [0, 0.05) is 13.6 Å². The average Bonchev–Trinajstić information content (AvgIpc) is 2.74. The summed E-state index contributed by atoms with van der Waals surface area (Å²) in [5.41, 5.74) is -0.626. The van der Waals surface area contributed by atoms with Crippen molar-refractivity contribution < 1.29 is 31.5 Å². The molecule has 1 rings (SSSR count). The van der Waals surface area contributed by atoms with Crippen LogP contribution in [0.5, 0.6) is 0 Å². The van der Waals surface area contributed by atoms with E-state index < -0.39 is 45.7 Å². The van der Waals surface area contributed by atoms with E-state index in [0.717, 1.165) is 13.2 Å². The van der Waals surface area contributed by atoms with Gasteiger partial charge in [-0.25, -0.2) is 13.2 Å². The van der Waals surface area contributed by atoms with E-state index in [9.17, 15) is 26.4 Å². The average molecular weight is 301 g/mol. The van der Waals surface area contributed by atoms with Crippen molar-refractivity contribution >= 4 is 16.0 Å². The van der Waals surface area contributed by atoms with Crippen LogP contribution in [0.3, 0.4) is 0 Å². The first-order valence-corrected chi connectivity index (χ1v) is 6.29. The molecule has 0 amide bonds. The minimum atomic E-state index is -4.51. The summed E-state index contributed by atoms with van der Waals surface area (Å²) in [6, 6.07) is 0. The number of hydrogen-bond acceptors (Lipinski definition) is 4. The minimum Gasteiger partial charge on any atom is -0.478 e. The highest BCUT2D eigenvalue weighted by Gasteiger charge is 2.33. The molecule has 19 heavy (non-hydrogen) atoms. The summed E-state index contributed by atoms with van der Waals surface area (Å²) in [6.45, 7) is -0.816. The highest BCUT2D eigenvalue weighted by atomic mass is 32.2. The van der Waals surface area contributed by atoms with Gasteiger partial charge in [-0.2, -0.15) is 22.6 Å². The van der Waals surface area contributed by atoms with Gasteiger partial charge in [0.25, 0.3) is 10.0 Å². The van der Waals surface area contributed by atoms with E-state index in [2.05, 4.69) is 5.10 Å². The molecule has 1 aromatic rings. The molecule has 0 aromatic carbocycles. The molecule has 0 aliphatic heterocycles. The Labute approximate surface area is 106 Å². The molecular formula is C8H10F3N3O4S. The molecule has 7 nitrogen and oxygen atoms in total. The number of H-pyrrole nitrogens is 1. The van der Waals surface area contributed by atoms with Crippen molar-refractivity contribution in [2.45, 2.75) is 17.6 Å². The molecular weight excluding hydrogens is 291 g/mol. The van der Waals surface area contributed by atoms with Crippen molar-refractivity contribution in [3.05, 3.63) is 11.8 Å². The topological polar surface area (TPSA) is 103 Å². The maximum absolute atomic E-state index is 12.0. The number of carboxylic acids is 1. The molecule has 108 valence electrons. The van der Waals surface area contributed by atoms with Crippen LogP contribution in [-0.2, 0) is 10.0 Å². The number of sulfonamides is 1. The van der Waals surface area contributed by atoms with E-state index in [1.54, 1.807) is 0 Å². The van der Waals surface area contributed by atoms with E-state index in [1.807, 2.05) is 5.10 Å². The summed E-state index contributed by atoms with van der Waals surface area (Å²) in [7, 11) is -3.44. The van der Waals surface area contributed by atoms with Crippen molar-refractivity contribution in [2.24, 2.45) is 0 Å². The van der Waals surface area contributed by atoms with Gasteiger partial charge in [0.15, 0.2) is 5.03 Å². The molecule has 0 fully saturated rings. The first-order valence-electron chi connectivity index (χ1n) is 4.85. The van der Waals surface area contributed by atoms with E-state index in [4.69, 9.17) is 5.11 Å². The smallest absolute Gasteiger partial charge is 0.390 e. The summed E-state index contributed by atoms with van der Waals surface area (Å²) in [5.74, 6) is -1.54. The summed E-state index contributed by atoms with van der Waals surface area (Å²) < 4.78 is 60.2. The van der Waals surface area contributed by atoms with E-state index in [0.29, 0.717) is 4.31 Å². The van der Waals surface area contributed by atoms with E-state index in [-0.39, 0.29) is 0 Å². The molecule has 0 unspecified atom stereocenters. The fourth-order valence-electron chi connectivity index (χ4n) is 1.18. The van der Waals surface area contributed by atoms with Crippen molar-refractivity contribution in [3.63, 3.8) is 0 Å². The van der Waals surface area contributed by atoms with Crippen LogP contribution in [0.15, 0.2) is 11.2 Å². The van der Waals surface area contributed by atoms with Crippen LogP contribution in [-0.4, -0.2) is 53.8 Å². The maximum atomic E-state index is 12.0. The van der Waals surface area contributed by atoms with Crippen LogP contribution in [0, 0.1) is 0 Å². The lowest BCUT2D eigenvalue weighted by molar-refractivity contribution is -0.135. The van der Waals surface area contributed by atoms with Gasteiger partial charge < -0.3 is 5.11 Å². The van der Waals surface area contributed by atoms with Gasteiger partial charge in [-0.3, -0.25) is 5.10 Å². The maximum Gasteiger partial charge on any atom is 0.390 e. The van der Waals surface area contributed by atoms with Gasteiger partial charge in [-0.15, -0.1) is 0 Å². The fourth-order valence-corrected chi connectivity index (χ4v) is 2.41. The van der Waals surface area contributed by atoms with Crippen molar-refractivity contribution in [1.29, 1.82) is 0 Å². The number of nitrogens with zero attached hydrogens (tertiary/aromatic N) is 2. The van der Waals surface area contributed by atoms with Gasteiger partial charge in [0.1, 0.15) is 5.56 Å². The molecule has 0 saturated heterocycles. The summed E-state index contributed by atoms with van der Waals surface area (Å²) >= 11 is 0. The standard InChI is InChI=1S/C8H10F3N3O4S/c1-14(3-2-8(9,10)11)19(17,18)6-5(7(15)16)4-12-13-6/h4H,2-3H2,1H3,(H,12,13)(H,15,16). The Balaban J connectivity index is 2.97. The van der Waals surface area contributed by atoms with Crippen molar-refractivity contribution in [3.8, 4) is 0 Å². The van der Waals surface area contributed by atoms with Gasteiger partial charge in [0.05, 0.1) is 12.6 Å². The lowest BCUT2D eigenvalue weighted by Crippen LogP contribution is -2.31. The van der Waals surface area contributed by atoms with Gasteiger partial charge in [-0.05, 0) is 0 Å². The van der Waals surface area contributed by atoms with Crippen molar-refractivity contribution in [1.82, 2.24) is 14.5 Å². The predicted molar refractivity (Wildman–Crippen MR) is 56.0 cm³/mol. The number of nitrogens with one attached hydrogen (secondary N) is 1. The van der Waals surface area contributed by atoms with Crippen LogP contribution in [0.1, 0.15) is 16.8 Å². The second kappa shape index (κ2) is 5.17. The first-order chi connectivity index (χ1) is 8.55. The number of aromatic carboxylic acids is 1. The molecule has 0 radical (unpaired) electrons. The molecule has 0 aliphatic rings. The summed E-state index contributed by atoms with van der Waals surface area (Å²) in [5, 5.41) is 13.2. The number of halogens is 3. The number of carboxylic acid groups (broad SMARTS) is 1. The number of aromatic nitrogens is 2. The van der Waals surface area contributed by atoms with Gasteiger partial charge >= 0.3 is 12.1 Å². The quantitative estimate of drug-likeness (QED) is 0.832. The van der Waals surface area contributed by atoms with Gasteiger partial charge in [-0.1, -0.05) is 0 Å². The van der Waals surface area contributed by atoms with Crippen molar-refractivity contribution in [2.75, 3.05) is 13.6 Å². The summed E-state index contributed by atoms with van der Waals surface area (Å²) in [6.07, 6.45) is -5.07. The molecule has 0 aliphatic carbocycles. The Hall–Kier alpha value is -1.62. The van der Waals surface area contributed by atoms with E-state index in [1.165, 1.54) is 0 Å². The minimum absolute atomic E-state index is 0.417. The third kappa shape index (κ3) is 3.67. The largest absolute Gasteiger partial charge is 0.478 e. The molecule has 0 bridgehead atoms. The van der Waals surface area contributed by atoms with Crippen LogP contribution in [0.25, 0.3) is 0 Å². The monoisotopic (exact) mass is 301 g/mol. The SMILES string of the molecule is CN(CCC(F)(F)F)S(=O)(=O)c1[nH]ncc1C(=O)O. The lowest BCUT2D eigenvalue weighted by atomic mass is 10.4. The Kier molecular flexibility index (Phi) is 4.20. The first kappa shape index (κ1) is 15.4. The van der Waals surface area contributed by atoms with Gasteiger partial charge in [0.2, 0.25) is 0 Å². The van der Waals surface area contributed by atoms with Crippen LogP contribution >= 0.6 is 0 Å². The second-order valence-electron chi connectivity index (χ2n) is 3.61. The zero-order valence-corrected chi connectivity index (χ0v) is 10.4.